The monoisotopic (exact) mass is 481 g/mol. The summed E-state index contributed by atoms with van der Waals surface area (Å²) < 4.78 is 15.7. The molecule has 5 aromatic rings. The van der Waals surface area contributed by atoms with E-state index in [1.54, 1.807) is 22.6 Å². The van der Waals surface area contributed by atoms with Crippen LogP contribution in [0.5, 0.6) is 0 Å². The summed E-state index contributed by atoms with van der Waals surface area (Å²) in [4.78, 5) is 25.3. The van der Waals surface area contributed by atoms with Gasteiger partial charge in [-0.25, -0.2) is 4.39 Å². The first-order valence-electron chi connectivity index (χ1n) is 11.7. The third-order valence-electron chi connectivity index (χ3n) is 6.44. The highest BCUT2D eigenvalue weighted by molar-refractivity contribution is 5.93. The zero-order chi connectivity index (χ0) is 25.2. The van der Waals surface area contributed by atoms with Crippen molar-refractivity contribution in [3.05, 3.63) is 102 Å². The summed E-state index contributed by atoms with van der Waals surface area (Å²) in [6.45, 7) is 2.12. The van der Waals surface area contributed by atoms with Crippen LogP contribution in [0.4, 0.5) is 15.8 Å². The Hall–Kier alpha value is -4.52. The predicted molar refractivity (Wildman–Crippen MR) is 138 cm³/mol. The molecule has 0 saturated carbocycles. The van der Waals surface area contributed by atoms with Crippen molar-refractivity contribution in [3.63, 3.8) is 0 Å². The van der Waals surface area contributed by atoms with Crippen LogP contribution in [-0.4, -0.2) is 27.3 Å². The minimum absolute atomic E-state index is 0.327. The van der Waals surface area contributed by atoms with Crippen molar-refractivity contribution in [1.82, 2.24) is 9.78 Å². The topological polar surface area (TPSA) is 75.4 Å². The number of hydrogen-bond acceptors (Lipinski definition) is 3. The van der Waals surface area contributed by atoms with E-state index in [0.717, 1.165) is 28.4 Å². The summed E-state index contributed by atoms with van der Waals surface area (Å²) >= 11 is 0. The number of carbonyl (C=O) groups is 2. The highest BCUT2D eigenvalue weighted by atomic mass is 19.1. The molecule has 0 radical (unpaired) electrons. The summed E-state index contributed by atoms with van der Waals surface area (Å²) in [5, 5.41) is 17.0. The van der Waals surface area contributed by atoms with Crippen LogP contribution in [0.1, 0.15) is 30.5 Å². The first-order chi connectivity index (χ1) is 17.5. The number of fused-ring (bicyclic) bond motifs is 2. The average Bonchev–Trinajstić information content (AvgIpc) is 3.22. The Balaban J connectivity index is 1.46. The first-order valence-corrected chi connectivity index (χ1v) is 11.7. The molecule has 0 aliphatic heterocycles. The molecule has 1 amide bonds. The normalized spacial score (nSPS) is 12.1. The second-order valence-corrected chi connectivity index (χ2v) is 8.68. The molecule has 6 nitrogen and oxygen atoms in total. The number of rotatable bonds is 8. The fourth-order valence-corrected chi connectivity index (χ4v) is 4.57. The summed E-state index contributed by atoms with van der Waals surface area (Å²) in [6, 6.07) is 25.6. The number of aliphatic carboxylic acids is 1. The lowest BCUT2D eigenvalue weighted by Crippen LogP contribution is -2.14. The highest BCUT2D eigenvalue weighted by Crippen LogP contribution is 2.30. The minimum atomic E-state index is -0.958. The Morgan fingerprint density at radius 3 is 2.42 bits per heavy atom. The number of carboxylic acid groups (broad SMARTS) is 1. The summed E-state index contributed by atoms with van der Waals surface area (Å²) in [7, 11) is 0. The molecule has 0 fully saturated rings. The Morgan fingerprint density at radius 2 is 1.72 bits per heavy atom. The Kier molecular flexibility index (Phi) is 6.21. The fraction of sp³-hybridized carbons (Fsp3) is 0.138. The van der Waals surface area contributed by atoms with Crippen LogP contribution in [-0.2, 0) is 16.1 Å². The summed E-state index contributed by atoms with van der Waals surface area (Å²) in [5.74, 6) is -2.14. The summed E-state index contributed by atoms with van der Waals surface area (Å²) in [6.07, 6.45) is 1.16. The highest BCUT2D eigenvalue weighted by Gasteiger charge is 2.25. The van der Waals surface area contributed by atoms with Crippen molar-refractivity contribution >= 4 is 45.4 Å². The molecular formula is C29H24FN3O3. The van der Waals surface area contributed by atoms with Gasteiger partial charge >= 0.3 is 5.97 Å². The maximum Gasteiger partial charge on any atom is 0.312 e. The van der Waals surface area contributed by atoms with E-state index in [1.807, 2.05) is 66.7 Å². The van der Waals surface area contributed by atoms with E-state index in [4.69, 9.17) is 0 Å². The Morgan fingerprint density at radius 1 is 1.00 bits per heavy atom. The van der Waals surface area contributed by atoms with E-state index >= 15 is 0 Å². The third kappa shape index (κ3) is 4.31. The number of benzene rings is 4. The fourth-order valence-electron chi connectivity index (χ4n) is 4.57. The van der Waals surface area contributed by atoms with E-state index in [2.05, 4.69) is 5.10 Å². The molecule has 0 saturated heterocycles. The zero-order valence-corrected chi connectivity index (χ0v) is 19.6. The van der Waals surface area contributed by atoms with Gasteiger partial charge < -0.3 is 5.11 Å². The van der Waals surface area contributed by atoms with Gasteiger partial charge in [0.2, 0.25) is 6.41 Å². The van der Waals surface area contributed by atoms with Gasteiger partial charge in [-0.2, -0.15) is 5.10 Å². The van der Waals surface area contributed by atoms with E-state index < -0.39 is 17.7 Å². The molecule has 36 heavy (non-hydrogen) atoms. The lowest BCUT2D eigenvalue weighted by atomic mass is 9.99. The first kappa shape index (κ1) is 23.2. The third-order valence-corrected chi connectivity index (χ3v) is 6.44. The molecule has 0 bridgehead atoms. The van der Waals surface area contributed by atoms with Crippen LogP contribution >= 0.6 is 0 Å². The molecule has 1 heterocycles. The van der Waals surface area contributed by atoms with Gasteiger partial charge in [0, 0.05) is 16.8 Å². The molecule has 7 heteroatoms. The standard InChI is InChI=1S/C29H24FN3O3/c1-2-25(29(35)36)28-26-14-10-22(30)16-27(26)33(31-28)17-19-7-11-23(12-8-19)32(18-34)24-13-9-20-5-3-4-6-21(20)15-24/h3-16,18,25H,2,17H2,1H3,(H,35,36). The molecule has 1 atom stereocenters. The van der Waals surface area contributed by atoms with Crippen molar-refractivity contribution in [2.45, 2.75) is 25.8 Å². The lowest BCUT2D eigenvalue weighted by Gasteiger charge is -2.18. The number of anilines is 2. The van der Waals surface area contributed by atoms with Crippen LogP contribution in [0.2, 0.25) is 0 Å². The second kappa shape index (κ2) is 9.62. The minimum Gasteiger partial charge on any atom is -0.481 e. The number of hydrogen-bond donors (Lipinski definition) is 1. The van der Waals surface area contributed by atoms with Gasteiger partial charge in [-0.1, -0.05) is 49.4 Å². The van der Waals surface area contributed by atoms with Gasteiger partial charge in [0.05, 0.1) is 17.8 Å². The van der Waals surface area contributed by atoms with Crippen LogP contribution in [0.25, 0.3) is 21.7 Å². The predicted octanol–water partition coefficient (Wildman–Crippen LogP) is 6.25. The maximum absolute atomic E-state index is 14.0. The molecule has 5 rings (SSSR count). The van der Waals surface area contributed by atoms with Crippen molar-refractivity contribution in [3.8, 4) is 0 Å². The zero-order valence-electron chi connectivity index (χ0n) is 19.6. The molecule has 0 aliphatic carbocycles. The van der Waals surface area contributed by atoms with Gasteiger partial charge in [-0.05, 0) is 65.2 Å². The maximum atomic E-state index is 14.0. The number of aromatic nitrogens is 2. The van der Waals surface area contributed by atoms with Gasteiger partial charge in [0.1, 0.15) is 11.7 Å². The van der Waals surface area contributed by atoms with Gasteiger partial charge in [0.25, 0.3) is 0 Å². The number of carboxylic acids is 1. The smallest absolute Gasteiger partial charge is 0.312 e. The number of halogens is 1. The van der Waals surface area contributed by atoms with Crippen molar-refractivity contribution < 1.29 is 19.1 Å². The Labute approximate surface area is 207 Å². The SMILES string of the molecule is CCC(C(=O)O)c1nn(Cc2ccc(N(C=O)c3ccc4ccccc4c3)cc2)c2cc(F)ccc12. The largest absolute Gasteiger partial charge is 0.481 e. The van der Waals surface area contributed by atoms with Gasteiger partial charge in [0.15, 0.2) is 0 Å². The molecular weight excluding hydrogens is 457 g/mol. The van der Waals surface area contributed by atoms with E-state index in [1.165, 1.54) is 12.1 Å². The van der Waals surface area contributed by atoms with Crippen LogP contribution in [0, 0.1) is 5.82 Å². The molecule has 180 valence electrons. The van der Waals surface area contributed by atoms with Gasteiger partial charge in [-0.3, -0.25) is 19.2 Å². The molecule has 4 aromatic carbocycles. The number of carbonyl (C=O) groups excluding carboxylic acids is 1. The Bertz CT molecular complexity index is 1580. The average molecular weight is 482 g/mol. The van der Waals surface area contributed by atoms with Crippen LogP contribution < -0.4 is 4.90 Å². The number of nitrogens with zero attached hydrogens (tertiary/aromatic N) is 3. The lowest BCUT2D eigenvalue weighted by molar-refractivity contribution is -0.138. The van der Waals surface area contributed by atoms with Crippen molar-refractivity contribution in [2.24, 2.45) is 0 Å². The van der Waals surface area contributed by atoms with Crippen molar-refractivity contribution in [2.75, 3.05) is 4.90 Å². The van der Waals surface area contributed by atoms with Crippen LogP contribution in [0.3, 0.4) is 0 Å². The molecule has 1 N–H and O–H groups in total. The molecule has 1 unspecified atom stereocenters. The summed E-state index contributed by atoms with van der Waals surface area (Å²) in [5.41, 5.74) is 3.32. The molecule has 1 aromatic heterocycles. The van der Waals surface area contributed by atoms with Gasteiger partial charge in [-0.15, -0.1) is 0 Å². The van der Waals surface area contributed by atoms with E-state index in [0.29, 0.717) is 35.2 Å². The molecule has 0 aliphatic rings. The number of amides is 1. The van der Waals surface area contributed by atoms with Crippen LogP contribution in [0.15, 0.2) is 84.9 Å². The second-order valence-electron chi connectivity index (χ2n) is 8.68. The van der Waals surface area contributed by atoms with E-state index in [-0.39, 0.29) is 0 Å². The molecule has 0 spiro atoms. The van der Waals surface area contributed by atoms with Crippen molar-refractivity contribution in [1.29, 1.82) is 0 Å². The van der Waals surface area contributed by atoms with E-state index in [9.17, 15) is 19.1 Å². The quantitative estimate of drug-likeness (QED) is 0.266.